The maximum atomic E-state index is 12.1. The van der Waals surface area contributed by atoms with Crippen LogP contribution in [0.4, 0.5) is 13.2 Å². The summed E-state index contributed by atoms with van der Waals surface area (Å²) in [7, 11) is -4.21. The van der Waals surface area contributed by atoms with Crippen LogP contribution in [0.5, 0.6) is 0 Å². The van der Waals surface area contributed by atoms with E-state index in [1.54, 1.807) is 0 Å². The van der Waals surface area contributed by atoms with Crippen LogP contribution in [0.15, 0.2) is 0 Å². The van der Waals surface area contributed by atoms with Crippen molar-refractivity contribution in [3.05, 3.63) is 0 Å². The van der Waals surface area contributed by atoms with Crippen LogP contribution in [0.1, 0.15) is 6.42 Å². The van der Waals surface area contributed by atoms with Gasteiger partial charge in [0.1, 0.15) is 0 Å². The summed E-state index contributed by atoms with van der Waals surface area (Å²) in [6.45, 7) is 0.814. The lowest BCUT2D eigenvalue weighted by atomic mass is 10.3. The molecule has 1 unspecified atom stereocenters. The van der Waals surface area contributed by atoms with Crippen molar-refractivity contribution in [2.75, 3.05) is 20.1 Å². The van der Waals surface area contributed by atoms with Crippen molar-refractivity contribution in [2.45, 2.75) is 18.0 Å². The first-order chi connectivity index (χ1) is 6.27. The molecule has 0 bridgehead atoms. The van der Waals surface area contributed by atoms with Crippen molar-refractivity contribution >= 4 is 10.0 Å². The average molecular weight is 232 g/mol. The molecule has 1 atom stereocenters. The summed E-state index contributed by atoms with van der Waals surface area (Å²) < 4.78 is 58.5. The van der Waals surface area contributed by atoms with E-state index in [4.69, 9.17) is 0 Å². The zero-order valence-corrected chi connectivity index (χ0v) is 8.32. The van der Waals surface area contributed by atoms with Crippen LogP contribution < -0.4 is 5.32 Å². The van der Waals surface area contributed by atoms with Gasteiger partial charge in [-0.1, -0.05) is 0 Å². The van der Waals surface area contributed by atoms with E-state index in [2.05, 4.69) is 5.32 Å². The molecule has 1 N–H and O–H groups in total. The van der Waals surface area contributed by atoms with Crippen LogP contribution >= 0.6 is 0 Å². The summed E-state index contributed by atoms with van der Waals surface area (Å²) >= 11 is 0. The quantitative estimate of drug-likeness (QED) is 0.736. The fourth-order valence-electron chi connectivity index (χ4n) is 1.31. The first-order valence-corrected chi connectivity index (χ1v) is 5.46. The second kappa shape index (κ2) is 3.67. The second-order valence-electron chi connectivity index (χ2n) is 3.11. The number of halogens is 3. The van der Waals surface area contributed by atoms with Gasteiger partial charge in [0.25, 0.3) is 0 Å². The Balaban J connectivity index is 2.82. The molecule has 84 valence electrons. The maximum Gasteiger partial charge on any atom is 0.511 e. The Hall–Kier alpha value is -0.340. The minimum absolute atomic E-state index is 0.270. The second-order valence-corrected chi connectivity index (χ2v) is 5.10. The number of likely N-dealkylation sites (N-methyl/N-ethyl adjacent to an activating group) is 1. The predicted octanol–water partition coefficient (Wildman–Crippen LogP) is 0.130. The van der Waals surface area contributed by atoms with Gasteiger partial charge in [-0.3, -0.25) is 0 Å². The lowest BCUT2D eigenvalue weighted by Gasteiger charge is -2.23. The molecule has 0 aromatic rings. The number of rotatable bonds is 2. The third kappa shape index (κ3) is 2.01. The highest BCUT2D eigenvalue weighted by Gasteiger charge is 2.50. The van der Waals surface area contributed by atoms with Crippen molar-refractivity contribution in [3.8, 4) is 0 Å². The van der Waals surface area contributed by atoms with E-state index in [-0.39, 0.29) is 6.54 Å². The number of hydrogen-bond donors (Lipinski definition) is 1. The van der Waals surface area contributed by atoms with E-state index in [0.29, 0.717) is 17.3 Å². The molecule has 0 aromatic carbocycles. The van der Waals surface area contributed by atoms with Crippen LogP contribution in [0.2, 0.25) is 0 Å². The van der Waals surface area contributed by atoms with Crippen LogP contribution in [-0.4, -0.2) is 44.4 Å². The summed E-state index contributed by atoms with van der Waals surface area (Å²) in [6.07, 6.45) is 0.409. The normalized spacial score (nSPS) is 24.5. The lowest BCUT2D eigenvalue weighted by Crippen LogP contribution is -2.44. The summed E-state index contributed by atoms with van der Waals surface area (Å²) in [5, 5.41) is 2.80. The molecule has 0 amide bonds. The molecule has 0 radical (unpaired) electrons. The van der Waals surface area contributed by atoms with E-state index in [1.807, 2.05) is 0 Å². The molecule has 1 aliphatic heterocycles. The Kier molecular flexibility index (Phi) is 3.07. The lowest BCUT2D eigenvalue weighted by molar-refractivity contribution is -0.0490. The van der Waals surface area contributed by atoms with Crippen molar-refractivity contribution < 1.29 is 21.6 Å². The third-order valence-corrected chi connectivity index (χ3v) is 3.86. The molecular formula is C6H11F3N2O2S. The van der Waals surface area contributed by atoms with Gasteiger partial charge in [0, 0.05) is 19.6 Å². The minimum atomic E-state index is -5.20. The van der Waals surface area contributed by atoms with Crippen molar-refractivity contribution in [1.82, 2.24) is 9.62 Å². The number of nitrogens with one attached hydrogen (secondary N) is 1. The molecule has 1 saturated heterocycles. The Bertz CT molecular complexity index is 295. The van der Waals surface area contributed by atoms with Crippen LogP contribution in [0.3, 0.4) is 0 Å². The standard InChI is InChI=1S/C6H11F3N2O2S/c1-11(5-2-3-10-4-5)14(12,13)6(7,8)9/h5,10H,2-4H2,1H3. The van der Waals surface area contributed by atoms with Crippen molar-refractivity contribution in [3.63, 3.8) is 0 Å². The van der Waals surface area contributed by atoms with Gasteiger partial charge < -0.3 is 5.32 Å². The molecule has 1 fully saturated rings. The summed E-state index contributed by atoms with van der Waals surface area (Å²) in [6, 6.07) is -0.596. The molecule has 0 aliphatic carbocycles. The molecule has 14 heavy (non-hydrogen) atoms. The van der Waals surface area contributed by atoms with Gasteiger partial charge >= 0.3 is 15.5 Å². The molecule has 4 nitrogen and oxygen atoms in total. The van der Waals surface area contributed by atoms with Crippen LogP contribution in [-0.2, 0) is 10.0 Å². The molecule has 1 aliphatic rings. The molecule has 1 rings (SSSR count). The highest BCUT2D eigenvalue weighted by molar-refractivity contribution is 7.90. The molecule has 1 heterocycles. The van der Waals surface area contributed by atoms with Gasteiger partial charge in [-0.15, -0.1) is 0 Å². The summed E-state index contributed by atoms with van der Waals surface area (Å²) in [5.41, 5.74) is -5.20. The highest BCUT2D eigenvalue weighted by Crippen LogP contribution is 2.28. The van der Waals surface area contributed by atoms with E-state index in [0.717, 1.165) is 7.05 Å². The Morgan fingerprint density at radius 2 is 2.00 bits per heavy atom. The first-order valence-electron chi connectivity index (χ1n) is 4.02. The van der Waals surface area contributed by atoms with Crippen molar-refractivity contribution in [2.24, 2.45) is 0 Å². The van der Waals surface area contributed by atoms with Gasteiger partial charge in [0.2, 0.25) is 0 Å². The van der Waals surface area contributed by atoms with Gasteiger partial charge in [-0.25, -0.2) is 8.42 Å². The SMILES string of the molecule is CN(C1CCNC1)S(=O)(=O)C(F)(F)F. The number of nitrogens with zero attached hydrogens (tertiary/aromatic N) is 1. The number of sulfonamides is 1. The van der Waals surface area contributed by atoms with Gasteiger partial charge in [0.05, 0.1) is 0 Å². The van der Waals surface area contributed by atoms with E-state index >= 15 is 0 Å². The molecule has 0 spiro atoms. The van der Waals surface area contributed by atoms with E-state index < -0.39 is 21.6 Å². The minimum Gasteiger partial charge on any atom is -0.315 e. The van der Waals surface area contributed by atoms with Gasteiger partial charge in [-0.05, 0) is 13.0 Å². The highest BCUT2D eigenvalue weighted by atomic mass is 32.2. The first kappa shape index (κ1) is 11.7. The van der Waals surface area contributed by atoms with Crippen LogP contribution in [0.25, 0.3) is 0 Å². The van der Waals surface area contributed by atoms with Crippen molar-refractivity contribution in [1.29, 1.82) is 0 Å². The number of alkyl halides is 3. The molecular weight excluding hydrogens is 221 g/mol. The Morgan fingerprint density at radius 1 is 1.43 bits per heavy atom. The summed E-state index contributed by atoms with van der Waals surface area (Å²) in [4.78, 5) is 0. The zero-order valence-electron chi connectivity index (χ0n) is 7.50. The molecule has 0 aromatic heterocycles. The average Bonchev–Trinajstić information content (AvgIpc) is 2.52. The fourth-order valence-corrected chi connectivity index (χ4v) is 2.21. The van der Waals surface area contributed by atoms with Crippen LogP contribution in [0, 0.1) is 0 Å². The Morgan fingerprint density at radius 3 is 2.36 bits per heavy atom. The smallest absolute Gasteiger partial charge is 0.315 e. The maximum absolute atomic E-state index is 12.1. The van der Waals surface area contributed by atoms with E-state index in [9.17, 15) is 21.6 Å². The molecule has 8 heteroatoms. The van der Waals surface area contributed by atoms with Gasteiger partial charge in [-0.2, -0.15) is 17.5 Å². The van der Waals surface area contributed by atoms with E-state index in [1.165, 1.54) is 0 Å². The van der Waals surface area contributed by atoms with Gasteiger partial charge in [0.15, 0.2) is 0 Å². The third-order valence-electron chi connectivity index (χ3n) is 2.22. The predicted molar refractivity (Wildman–Crippen MR) is 44.0 cm³/mol. The monoisotopic (exact) mass is 232 g/mol. The fraction of sp³-hybridized carbons (Fsp3) is 1.00. The Labute approximate surface area is 80.1 Å². The zero-order chi connectivity index (χ0) is 11.0. The largest absolute Gasteiger partial charge is 0.511 e. The number of hydrogen-bond acceptors (Lipinski definition) is 3. The topological polar surface area (TPSA) is 49.4 Å². The molecule has 0 saturated carbocycles. The summed E-state index contributed by atoms with van der Waals surface area (Å²) in [5.74, 6) is 0.